The van der Waals surface area contributed by atoms with E-state index in [-0.39, 0.29) is 17.5 Å². The van der Waals surface area contributed by atoms with Gasteiger partial charge in [0.25, 0.3) is 0 Å². The molecule has 25 heavy (non-hydrogen) atoms. The normalized spacial score (nSPS) is 10.8. The van der Waals surface area contributed by atoms with E-state index in [4.69, 9.17) is 5.84 Å². The predicted molar refractivity (Wildman–Crippen MR) is 97.2 cm³/mol. The van der Waals surface area contributed by atoms with E-state index >= 15 is 0 Å². The number of carbonyl (C=O) groups is 1. The first kappa shape index (κ1) is 17.4. The van der Waals surface area contributed by atoms with E-state index in [1.54, 1.807) is 23.5 Å². The average molecular weight is 377 g/mol. The molecule has 3 rings (SSSR count). The van der Waals surface area contributed by atoms with E-state index in [2.05, 4.69) is 15.5 Å². The highest BCUT2D eigenvalue weighted by Crippen LogP contribution is 2.21. The standard InChI is InChI=1S/C16H16FN5OS2/c1-10-6-7-24-13(10)8-19-14(23)9-25-16-21-20-15(22(16)18)11-2-4-12(17)5-3-11/h2-7H,8-9,18H2,1H3,(H,19,23). The molecule has 0 spiro atoms. The molecule has 0 bridgehead atoms. The molecular weight excluding hydrogens is 361 g/mol. The van der Waals surface area contributed by atoms with E-state index in [0.717, 1.165) is 4.88 Å². The number of rotatable bonds is 6. The van der Waals surface area contributed by atoms with Crippen molar-refractivity contribution in [3.05, 3.63) is 52.0 Å². The first-order valence-corrected chi connectivity index (χ1v) is 9.30. The lowest BCUT2D eigenvalue weighted by Crippen LogP contribution is -2.24. The monoisotopic (exact) mass is 377 g/mol. The summed E-state index contributed by atoms with van der Waals surface area (Å²) in [5, 5.41) is 13.3. The quantitative estimate of drug-likeness (QED) is 0.509. The maximum atomic E-state index is 13.0. The van der Waals surface area contributed by atoms with Crippen molar-refractivity contribution in [2.24, 2.45) is 0 Å². The first-order valence-electron chi connectivity index (χ1n) is 7.43. The van der Waals surface area contributed by atoms with E-state index in [1.807, 2.05) is 18.4 Å². The molecule has 2 heterocycles. The van der Waals surface area contributed by atoms with Crippen LogP contribution < -0.4 is 11.2 Å². The highest BCUT2D eigenvalue weighted by Gasteiger charge is 2.14. The summed E-state index contributed by atoms with van der Waals surface area (Å²) in [6, 6.07) is 7.84. The molecule has 2 aromatic heterocycles. The van der Waals surface area contributed by atoms with Crippen molar-refractivity contribution in [2.75, 3.05) is 11.6 Å². The van der Waals surface area contributed by atoms with Crippen LogP contribution in [0.2, 0.25) is 0 Å². The second-order valence-electron chi connectivity index (χ2n) is 5.28. The smallest absolute Gasteiger partial charge is 0.230 e. The molecule has 0 aliphatic rings. The summed E-state index contributed by atoms with van der Waals surface area (Å²) >= 11 is 2.81. The van der Waals surface area contributed by atoms with Crippen molar-refractivity contribution in [1.29, 1.82) is 0 Å². The van der Waals surface area contributed by atoms with E-state index in [1.165, 1.54) is 34.1 Å². The number of halogens is 1. The number of hydrogen-bond donors (Lipinski definition) is 2. The van der Waals surface area contributed by atoms with Crippen LogP contribution in [0.3, 0.4) is 0 Å². The zero-order chi connectivity index (χ0) is 17.8. The third-order valence-electron chi connectivity index (χ3n) is 3.51. The summed E-state index contributed by atoms with van der Waals surface area (Å²) in [6.07, 6.45) is 0. The molecule has 3 aromatic rings. The molecule has 0 unspecified atom stereocenters. The summed E-state index contributed by atoms with van der Waals surface area (Å²) in [7, 11) is 0. The van der Waals surface area contributed by atoms with Gasteiger partial charge in [0.15, 0.2) is 5.82 Å². The molecule has 0 saturated carbocycles. The molecule has 0 aliphatic heterocycles. The van der Waals surface area contributed by atoms with Crippen LogP contribution in [0.25, 0.3) is 11.4 Å². The molecular formula is C16H16FN5OS2. The Balaban J connectivity index is 1.57. The Morgan fingerprint density at radius 2 is 2.08 bits per heavy atom. The minimum Gasteiger partial charge on any atom is -0.350 e. The Bertz CT molecular complexity index is 875. The van der Waals surface area contributed by atoms with Crippen LogP contribution in [0.4, 0.5) is 4.39 Å². The number of nitrogens with one attached hydrogen (secondary N) is 1. The van der Waals surface area contributed by atoms with Gasteiger partial charge in [-0.25, -0.2) is 9.07 Å². The van der Waals surface area contributed by atoms with Gasteiger partial charge in [-0.1, -0.05) is 11.8 Å². The van der Waals surface area contributed by atoms with Crippen LogP contribution in [0.1, 0.15) is 10.4 Å². The number of nitrogen functional groups attached to an aromatic ring is 1. The van der Waals surface area contributed by atoms with Crippen LogP contribution in [0.5, 0.6) is 0 Å². The third kappa shape index (κ3) is 4.18. The minimum atomic E-state index is -0.334. The highest BCUT2D eigenvalue weighted by atomic mass is 32.2. The number of carbonyl (C=O) groups excluding carboxylic acids is 1. The second-order valence-corrected chi connectivity index (χ2v) is 7.22. The summed E-state index contributed by atoms with van der Waals surface area (Å²) in [5.41, 5.74) is 1.82. The van der Waals surface area contributed by atoms with Crippen molar-refractivity contribution < 1.29 is 9.18 Å². The van der Waals surface area contributed by atoms with Crippen LogP contribution in [0, 0.1) is 12.7 Å². The number of nitrogens with zero attached hydrogens (tertiary/aromatic N) is 3. The Hall–Kier alpha value is -2.39. The van der Waals surface area contributed by atoms with Crippen LogP contribution in [-0.2, 0) is 11.3 Å². The number of thiophene rings is 1. The van der Waals surface area contributed by atoms with Gasteiger partial charge in [-0.2, -0.15) is 0 Å². The number of hydrogen-bond acceptors (Lipinski definition) is 6. The van der Waals surface area contributed by atoms with Gasteiger partial charge in [-0.3, -0.25) is 4.79 Å². The van der Waals surface area contributed by atoms with Crippen molar-refractivity contribution in [1.82, 2.24) is 20.2 Å². The summed E-state index contributed by atoms with van der Waals surface area (Å²) in [4.78, 5) is 13.1. The van der Waals surface area contributed by atoms with Gasteiger partial charge in [0, 0.05) is 10.4 Å². The molecule has 1 aromatic carbocycles. The number of benzene rings is 1. The van der Waals surface area contributed by atoms with Gasteiger partial charge in [0.05, 0.1) is 12.3 Å². The summed E-state index contributed by atoms with van der Waals surface area (Å²) in [5.74, 6) is 6.13. The van der Waals surface area contributed by atoms with Crippen molar-refractivity contribution in [3.8, 4) is 11.4 Å². The zero-order valence-corrected chi connectivity index (χ0v) is 15.0. The Morgan fingerprint density at radius 3 is 2.76 bits per heavy atom. The van der Waals surface area contributed by atoms with E-state index in [0.29, 0.717) is 23.1 Å². The van der Waals surface area contributed by atoms with E-state index < -0.39 is 0 Å². The van der Waals surface area contributed by atoms with Crippen LogP contribution in [0.15, 0.2) is 40.9 Å². The summed E-state index contributed by atoms with van der Waals surface area (Å²) in [6.45, 7) is 2.53. The Morgan fingerprint density at radius 1 is 1.32 bits per heavy atom. The lowest BCUT2D eigenvalue weighted by molar-refractivity contribution is -0.118. The highest BCUT2D eigenvalue weighted by molar-refractivity contribution is 7.99. The van der Waals surface area contributed by atoms with Crippen molar-refractivity contribution >= 4 is 29.0 Å². The number of thioether (sulfide) groups is 1. The van der Waals surface area contributed by atoms with Gasteiger partial charge < -0.3 is 11.2 Å². The Kier molecular flexibility index (Phi) is 5.34. The molecule has 6 nitrogen and oxygen atoms in total. The molecule has 0 aliphatic carbocycles. The third-order valence-corrected chi connectivity index (χ3v) is 5.48. The minimum absolute atomic E-state index is 0.107. The Labute approximate surface area is 152 Å². The molecule has 9 heteroatoms. The van der Waals surface area contributed by atoms with Gasteiger partial charge in [-0.15, -0.1) is 21.5 Å². The van der Waals surface area contributed by atoms with Gasteiger partial charge in [-0.05, 0) is 48.2 Å². The second kappa shape index (κ2) is 7.66. The first-order chi connectivity index (χ1) is 12.0. The topological polar surface area (TPSA) is 85.8 Å². The fourth-order valence-electron chi connectivity index (χ4n) is 2.12. The lowest BCUT2D eigenvalue weighted by atomic mass is 10.2. The lowest BCUT2D eigenvalue weighted by Gasteiger charge is -2.05. The predicted octanol–water partition coefficient (Wildman–Crippen LogP) is 2.58. The number of nitrogens with two attached hydrogens (primary N) is 1. The van der Waals surface area contributed by atoms with Gasteiger partial charge >= 0.3 is 0 Å². The van der Waals surface area contributed by atoms with Crippen molar-refractivity contribution in [2.45, 2.75) is 18.6 Å². The number of amides is 1. The van der Waals surface area contributed by atoms with Gasteiger partial charge in [0.2, 0.25) is 11.1 Å². The molecule has 1 amide bonds. The number of aryl methyl sites for hydroxylation is 1. The maximum Gasteiger partial charge on any atom is 0.230 e. The molecule has 130 valence electrons. The maximum absolute atomic E-state index is 13.0. The number of aromatic nitrogens is 3. The fourth-order valence-corrected chi connectivity index (χ4v) is 3.65. The summed E-state index contributed by atoms with van der Waals surface area (Å²) < 4.78 is 14.3. The molecule has 0 radical (unpaired) electrons. The molecule has 0 fully saturated rings. The average Bonchev–Trinajstić information content (AvgIpc) is 3.18. The zero-order valence-electron chi connectivity index (χ0n) is 13.4. The van der Waals surface area contributed by atoms with E-state index in [9.17, 15) is 9.18 Å². The molecule has 0 saturated heterocycles. The van der Waals surface area contributed by atoms with Crippen LogP contribution in [-0.4, -0.2) is 26.5 Å². The fraction of sp³-hybridized carbons (Fsp3) is 0.188. The van der Waals surface area contributed by atoms with Crippen LogP contribution >= 0.6 is 23.1 Å². The molecule has 0 atom stereocenters. The largest absolute Gasteiger partial charge is 0.350 e. The SMILES string of the molecule is Cc1ccsc1CNC(=O)CSc1nnc(-c2ccc(F)cc2)n1N. The van der Waals surface area contributed by atoms with Gasteiger partial charge in [0.1, 0.15) is 5.82 Å². The molecule has 3 N–H and O–H groups in total. The van der Waals surface area contributed by atoms with Crippen molar-refractivity contribution in [3.63, 3.8) is 0 Å².